The summed E-state index contributed by atoms with van der Waals surface area (Å²) in [5.74, 6) is -1.02. The van der Waals surface area contributed by atoms with Gasteiger partial charge in [0.05, 0.1) is 11.3 Å². The van der Waals surface area contributed by atoms with E-state index in [0.29, 0.717) is 28.1 Å². The summed E-state index contributed by atoms with van der Waals surface area (Å²) in [5, 5.41) is 5.70. The van der Waals surface area contributed by atoms with Gasteiger partial charge >= 0.3 is 0 Å². The molecule has 0 radical (unpaired) electrons. The fraction of sp³-hybridized carbons (Fsp3) is 0.208. The average Bonchev–Trinajstić information content (AvgIpc) is 3.54. The first-order chi connectivity index (χ1) is 14.4. The smallest absolute Gasteiger partial charge is 0.257 e. The highest BCUT2D eigenvalue weighted by Gasteiger charge is 2.24. The van der Waals surface area contributed by atoms with Crippen LogP contribution in [-0.4, -0.2) is 22.8 Å². The number of halogens is 1. The van der Waals surface area contributed by atoms with Crippen molar-refractivity contribution in [3.8, 4) is 11.3 Å². The average molecular weight is 403 g/mol. The summed E-state index contributed by atoms with van der Waals surface area (Å²) in [7, 11) is 0. The van der Waals surface area contributed by atoms with Gasteiger partial charge in [-0.3, -0.25) is 14.6 Å². The van der Waals surface area contributed by atoms with Crippen molar-refractivity contribution in [3.05, 3.63) is 82.8 Å². The molecule has 0 spiro atoms. The number of amides is 2. The van der Waals surface area contributed by atoms with Gasteiger partial charge in [0.1, 0.15) is 5.82 Å². The van der Waals surface area contributed by atoms with E-state index in [1.54, 1.807) is 25.1 Å². The second-order valence-electron chi connectivity index (χ2n) is 7.63. The summed E-state index contributed by atoms with van der Waals surface area (Å²) in [4.78, 5) is 29.2. The maximum absolute atomic E-state index is 14.4. The molecule has 2 aromatic carbocycles. The predicted molar refractivity (Wildman–Crippen MR) is 114 cm³/mol. The third-order valence-electron chi connectivity index (χ3n) is 5.10. The lowest BCUT2D eigenvalue weighted by atomic mass is 10.00. The lowest BCUT2D eigenvalue weighted by Crippen LogP contribution is -2.25. The quantitative estimate of drug-likeness (QED) is 0.651. The van der Waals surface area contributed by atoms with E-state index in [2.05, 4.69) is 15.6 Å². The number of hydrogen-bond donors (Lipinski definition) is 2. The molecule has 1 aliphatic carbocycles. The third kappa shape index (κ3) is 4.38. The van der Waals surface area contributed by atoms with E-state index >= 15 is 0 Å². The lowest BCUT2D eigenvalue weighted by Gasteiger charge is -2.11. The van der Waals surface area contributed by atoms with Gasteiger partial charge in [-0.1, -0.05) is 12.1 Å². The molecule has 0 aliphatic heterocycles. The van der Waals surface area contributed by atoms with Crippen LogP contribution < -0.4 is 10.6 Å². The van der Waals surface area contributed by atoms with Gasteiger partial charge in [-0.2, -0.15) is 0 Å². The zero-order chi connectivity index (χ0) is 21.3. The van der Waals surface area contributed by atoms with Crippen LogP contribution in [0.25, 0.3) is 11.3 Å². The number of aryl methyl sites for hydroxylation is 1. The molecule has 1 heterocycles. The number of nitrogens with one attached hydrogen (secondary N) is 2. The zero-order valence-electron chi connectivity index (χ0n) is 16.8. The molecule has 0 atom stereocenters. The number of carbonyl (C=O) groups excluding carboxylic acids is 2. The van der Waals surface area contributed by atoms with Crippen LogP contribution in [0.4, 0.5) is 10.1 Å². The van der Waals surface area contributed by atoms with Gasteiger partial charge in [0.25, 0.3) is 11.8 Å². The Hall–Kier alpha value is -3.54. The van der Waals surface area contributed by atoms with Gasteiger partial charge in [0.15, 0.2) is 0 Å². The second-order valence-corrected chi connectivity index (χ2v) is 7.63. The van der Waals surface area contributed by atoms with Crippen LogP contribution >= 0.6 is 0 Å². The number of nitrogens with zero attached hydrogens (tertiary/aromatic N) is 1. The number of carbonyl (C=O) groups is 2. The van der Waals surface area contributed by atoms with Crippen LogP contribution in [0.5, 0.6) is 0 Å². The van der Waals surface area contributed by atoms with Crippen molar-refractivity contribution in [3.63, 3.8) is 0 Å². The Morgan fingerprint density at radius 1 is 1.00 bits per heavy atom. The molecule has 1 aliphatic rings. The van der Waals surface area contributed by atoms with Gasteiger partial charge in [0.2, 0.25) is 0 Å². The van der Waals surface area contributed by atoms with Crippen LogP contribution in [0.2, 0.25) is 0 Å². The molecule has 0 bridgehead atoms. The molecule has 1 aromatic heterocycles. The molecule has 2 N–H and O–H groups in total. The highest BCUT2D eigenvalue weighted by atomic mass is 19.1. The monoisotopic (exact) mass is 403 g/mol. The first-order valence-electron chi connectivity index (χ1n) is 9.86. The van der Waals surface area contributed by atoms with Crippen molar-refractivity contribution in [2.75, 3.05) is 5.32 Å². The normalized spacial score (nSPS) is 13.0. The van der Waals surface area contributed by atoms with E-state index < -0.39 is 5.82 Å². The summed E-state index contributed by atoms with van der Waals surface area (Å²) in [6, 6.07) is 13.9. The summed E-state index contributed by atoms with van der Waals surface area (Å²) >= 11 is 0. The van der Waals surface area contributed by atoms with E-state index in [9.17, 15) is 14.0 Å². The number of rotatable bonds is 5. The van der Waals surface area contributed by atoms with E-state index in [0.717, 1.165) is 18.4 Å². The zero-order valence-corrected chi connectivity index (χ0v) is 16.8. The van der Waals surface area contributed by atoms with Crippen molar-refractivity contribution in [1.29, 1.82) is 0 Å². The van der Waals surface area contributed by atoms with Gasteiger partial charge in [-0.15, -0.1) is 0 Å². The highest BCUT2D eigenvalue weighted by molar-refractivity contribution is 6.04. The first-order valence-corrected chi connectivity index (χ1v) is 9.86. The maximum Gasteiger partial charge on any atom is 0.257 e. The summed E-state index contributed by atoms with van der Waals surface area (Å²) < 4.78 is 14.4. The number of benzene rings is 2. The Labute approximate surface area is 174 Å². The Kier molecular flexibility index (Phi) is 5.31. The molecule has 30 heavy (non-hydrogen) atoms. The summed E-state index contributed by atoms with van der Waals surface area (Å²) in [5.41, 5.74) is 3.84. The van der Waals surface area contributed by atoms with Crippen LogP contribution in [0.3, 0.4) is 0 Å². The fourth-order valence-electron chi connectivity index (χ4n) is 3.19. The van der Waals surface area contributed by atoms with E-state index in [-0.39, 0.29) is 23.4 Å². The summed E-state index contributed by atoms with van der Waals surface area (Å²) in [6.07, 6.45) is 3.37. The minimum atomic E-state index is -0.462. The molecule has 0 unspecified atom stereocenters. The van der Waals surface area contributed by atoms with Crippen LogP contribution in [0.15, 0.2) is 54.7 Å². The van der Waals surface area contributed by atoms with Crippen LogP contribution in [-0.2, 0) is 0 Å². The Balaban J connectivity index is 1.56. The maximum atomic E-state index is 14.4. The Morgan fingerprint density at radius 3 is 2.47 bits per heavy atom. The molecule has 3 aromatic rings. The van der Waals surface area contributed by atoms with Gasteiger partial charge < -0.3 is 10.6 Å². The molecule has 152 valence electrons. The number of pyridine rings is 1. The molecule has 4 rings (SSSR count). The van der Waals surface area contributed by atoms with E-state index in [4.69, 9.17) is 0 Å². The molecule has 5 nitrogen and oxygen atoms in total. The molecular formula is C24H22FN3O2. The van der Waals surface area contributed by atoms with Crippen LogP contribution in [0, 0.1) is 19.7 Å². The SMILES string of the molecule is Cc1cccc(NC(=O)c2ccc(-c3cc(C(=O)NC4CC4)cc(F)c3C)nc2)c1. The van der Waals surface area contributed by atoms with Gasteiger partial charge in [-0.05, 0) is 74.2 Å². The molecule has 1 fully saturated rings. The van der Waals surface area contributed by atoms with Crippen LogP contribution in [0.1, 0.15) is 44.7 Å². The van der Waals surface area contributed by atoms with E-state index in [1.807, 2.05) is 31.2 Å². The third-order valence-corrected chi connectivity index (χ3v) is 5.10. The van der Waals surface area contributed by atoms with Crippen molar-refractivity contribution < 1.29 is 14.0 Å². The first kappa shape index (κ1) is 19.8. The van der Waals surface area contributed by atoms with Crippen molar-refractivity contribution in [2.24, 2.45) is 0 Å². The van der Waals surface area contributed by atoms with E-state index in [1.165, 1.54) is 12.3 Å². The largest absolute Gasteiger partial charge is 0.349 e. The van der Waals surface area contributed by atoms with Gasteiger partial charge in [0, 0.05) is 29.1 Å². The number of anilines is 1. The topological polar surface area (TPSA) is 71.1 Å². The van der Waals surface area contributed by atoms with Gasteiger partial charge in [-0.25, -0.2) is 4.39 Å². The molecule has 6 heteroatoms. The Bertz CT molecular complexity index is 1120. The molecule has 0 saturated heterocycles. The summed E-state index contributed by atoms with van der Waals surface area (Å²) in [6.45, 7) is 3.60. The Morgan fingerprint density at radius 2 is 1.80 bits per heavy atom. The predicted octanol–water partition coefficient (Wildman–Crippen LogP) is 4.65. The standard InChI is InChI=1S/C24H22FN3O2/c1-14-4-3-5-19(10-14)28-23(29)16-6-9-22(26-13-16)20-11-17(12-21(25)15(20)2)24(30)27-18-7-8-18/h3-6,9-13,18H,7-8H2,1-2H3,(H,27,30)(H,28,29). The molecule has 2 amide bonds. The highest BCUT2D eigenvalue weighted by Crippen LogP contribution is 2.27. The fourth-order valence-corrected chi connectivity index (χ4v) is 3.19. The number of aromatic nitrogens is 1. The molecular weight excluding hydrogens is 381 g/mol. The van der Waals surface area contributed by atoms with Crippen molar-refractivity contribution in [2.45, 2.75) is 32.7 Å². The van der Waals surface area contributed by atoms with Crippen molar-refractivity contribution >= 4 is 17.5 Å². The lowest BCUT2D eigenvalue weighted by molar-refractivity contribution is 0.0949. The van der Waals surface area contributed by atoms with Crippen molar-refractivity contribution in [1.82, 2.24) is 10.3 Å². The minimum absolute atomic E-state index is 0.189. The molecule has 1 saturated carbocycles. The minimum Gasteiger partial charge on any atom is -0.349 e. The number of hydrogen-bond acceptors (Lipinski definition) is 3. The second kappa shape index (κ2) is 8.06.